The number of phenols is 1. The molecule has 0 amide bonds. The predicted octanol–water partition coefficient (Wildman–Crippen LogP) is 2.60. The van der Waals surface area contributed by atoms with Gasteiger partial charge in [-0.1, -0.05) is 12.1 Å². The number of hydrogen-bond acceptors (Lipinski definition) is 17. The van der Waals surface area contributed by atoms with Crippen LogP contribution in [-0.2, 0) is 56.1 Å². The molecule has 1 unspecified atom stereocenters. The summed E-state index contributed by atoms with van der Waals surface area (Å²) in [5.41, 5.74) is 3.52. The van der Waals surface area contributed by atoms with Gasteiger partial charge in [-0.25, -0.2) is 28.8 Å². The van der Waals surface area contributed by atoms with Gasteiger partial charge in [0.2, 0.25) is 0 Å². The Labute approximate surface area is 377 Å². The molecule has 0 spiro atoms. The number of aliphatic carboxylic acids is 4. The first kappa shape index (κ1) is 56.2. The van der Waals surface area contributed by atoms with Crippen LogP contribution in [0.25, 0.3) is 0 Å². The highest BCUT2D eigenvalue weighted by Crippen LogP contribution is 2.41. The average Bonchev–Trinajstić information content (AvgIpc) is 3.25. The van der Waals surface area contributed by atoms with E-state index in [-0.39, 0.29) is 41.3 Å². The monoisotopic (exact) mass is 934 g/mol. The molecule has 22 nitrogen and oxygen atoms in total. The van der Waals surface area contributed by atoms with Gasteiger partial charge in [0.15, 0.2) is 11.5 Å². The van der Waals surface area contributed by atoms with Gasteiger partial charge in [0.05, 0.1) is 55.5 Å². The number of ether oxygens (including phenoxy) is 4. The minimum Gasteiger partial charge on any atom is -0.504 e. The van der Waals surface area contributed by atoms with E-state index < -0.39 is 46.7 Å². The lowest BCUT2D eigenvalue weighted by Gasteiger charge is -2.31. The molecule has 65 heavy (non-hydrogen) atoms. The van der Waals surface area contributed by atoms with Crippen LogP contribution in [-0.4, -0.2) is 141 Å². The summed E-state index contributed by atoms with van der Waals surface area (Å²) >= 11 is 1.58. The van der Waals surface area contributed by atoms with E-state index in [1.165, 1.54) is 25.3 Å². The highest BCUT2D eigenvalue weighted by Gasteiger charge is 2.39. The average molecular weight is 935 g/mol. The van der Waals surface area contributed by atoms with Gasteiger partial charge in [-0.05, 0) is 44.0 Å². The Balaban J connectivity index is 0.00000105. The van der Waals surface area contributed by atoms with Gasteiger partial charge in [0.25, 0.3) is 5.69 Å². The normalized spacial score (nSPS) is 14.7. The fourth-order valence-corrected chi connectivity index (χ4v) is 6.90. The lowest BCUT2D eigenvalue weighted by atomic mass is 9.80. The predicted molar refractivity (Wildman–Crippen MR) is 234 cm³/mol. The van der Waals surface area contributed by atoms with Crippen LogP contribution in [0.3, 0.4) is 0 Å². The van der Waals surface area contributed by atoms with Crippen LogP contribution in [0.2, 0.25) is 0 Å². The molecular weight excluding hydrogens is 881 g/mol. The summed E-state index contributed by atoms with van der Waals surface area (Å²) in [6.45, 7) is 10.1. The summed E-state index contributed by atoms with van der Waals surface area (Å²) in [7, 11) is 1.54. The summed E-state index contributed by atoms with van der Waals surface area (Å²) in [5.74, 6) is -5.52. The van der Waals surface area contributed by atoms with Crippen LogP contribution >= 0.6 is 11.8 Å². The first-order valence-corrected chi connectivity index (χ1v) is 20.6. The number of benzene rings is 2. The largest absolute Gasteiger partial charge is 0.504 e. The van der Waals surface area contributed by atoms with Crippen LogP contribution in [0, 0.1) is 10.1 Å². The van der Waals surface area contributed by atoms with Crippen LogP contribution in [0.4, 0.5) is 5.69 Å². The molecule has 356 valence electrons. The topological polar surface area (TPSA) is 342 Å². The number of phenolic OH excluding ortho intramolecular Hbond substituents is 1. The van der Waals surface area contributed by atoms with Crippen LogP contribution in [0.15, 0.2) is 83.2 Å². The number of carbonyl (C=O) groups is 6. The summed E-state index contributed by atoms with van der Waals surface area (Å²) in [5, 5.41) is 60.3. The van der Waals surface area contributed by atoms with E-state index in [1.54, 1.807) is 38.6 Å². The van der Waals surface area contributed by atoms with Crippen LogP contribution in [0.5, 0.6) is 11.5 Å². The molecule has 1 saturated heterocycles. The fraction of sp³-hybridized carbons (Fsp3) is 0.381. The number of aromatic hydroxyl groups is 1. The van der Waals surface area contributed by atoms with E-state index in [2.05, 4.69) is 15.5 Å². The van der Waals surface area contributed by atoms with Crippen molar-refractivity contribution in [1.82, 2.24) is 15.5 Å². The summed E-state index contributed by atoms with van der Waals surface area (Å²) in [6, 6.07) is 9.74. The molecule has 0 bridgehead atoms. The second-order valence-electron chi connectivity index (χ2n) is 13.2. The third kappa shape index (κ3) is 19.6. The lowest BCUT2D eigenvalue weighted by molar-refractivity contribution is -0.384. The molecular formula is C42H54N4O18S. The molecule has 0 radical (unpaired) electrons. The van der Waals surface area contributed by atoms with Gasteiger partial charge in [-0.3, -0.25) is 15.0 Å². The summed E-state index contributed by atoms with van der Waals surface area (Å²) in [4.78, 5) is 78.2. The zero-order valence-electron chi connectivity index (χ0n) is 36.1. The maximum Gasteiger partial charge on any atom is 0.336 e. The maximum atomic E-state index is 13.5. The zero-order chi connectivity index (χ0) is 47.8. The first-order chi connectivity index (χ1) is 30.4. The number of hydrogen-bond donors (Lipinski definition) is 7. The summed E-state index contributed by atoms with van der Waals surface area (Å²) < 4.78 is 21.7. The molecule has 2 aromatic carbocycles. The fourth-order valence-electron chi connectivity index (χ4n) is 6.03. The first-order valence-electron chi connectivity index (χ1n) is 19.5. The van der Waals surface area contributed by atoms with E-state index >= 15 is 0 Å². The Bertz CT molecular complexity index is 2050. The second kappa shape index (κ2) is 29.6. The van der Waals surface area contributed by atoms with Crippen molar-refractivity contribution in [3.8, 4) is 11.5 Å². The number of carboxylic acid groups (broad SMARTS) is 4. The highest BCUT2D eigenvalue weighted by molar-refractivity contribution is 7.99. The number of rotatable bonds is 20. The molecule has 1 atom stereocenters. The van der Waals surface area contributed by atoms with Crippen molar-refractivity contribution in [3.05, 3.63) is 110 Å². The van der Waals surface area contributed by atoms with Crippen molar-refractivity contribution in [3.63, 3.8) is 0 Å². The minimum atomic E-state index is -1.26. The Morgan fingerprint density at radius 2 is 1.46 bits per heavy atom. The number of nitrogens with zero attached hydrogens (tertiary/aromatic N) is 2. The third-order valence-corrected chi connectivity index (χ3v) is 9.70. The highest BCUT2D eigenvalue weighted by atomic mass is 32.2. The minimum absolute atomic E-state index is 0. The van der Waals surface area contributed by atoms with Gasteiger partial charge in [0.1, 0.15) is 0 Å². The Morgan fingerprint density at radius 3 is 1.97 bits per heavy atom. The van der Waals surface area contributed by atoms with E-state index in [0.29, 0.717) is 91.4 Å². The van der Waals surface area contributed by atoms with E-state index in [9.17, 15) is 44.0 Å². The molecule has 2 aliphatic heterocycles. The van der Waals surface area contributed by atoms with E-state index in [4.69, 9.17) is 39.4 Å². The van der Waals surface area contributed by atoms with Crippen molar-refractivity contribution >= 4 is 53.3 Å². The quantitative estimate of drug-likeness (QED) is 0.0330. The number of non-ortho nitro benzene ring substituents is 1. The number of nitro groups is 1. The smallest absolute Gasteiger partial charge is 0.336 e. The molecule has 0 aromatic heterocycles. The molecule has 0 saturated carbocycles. The Morgan fingerprint density at radius 1 is 0.908 bits per heavy atom. The molecule has 2 heterocycles. The molecule has 1 fully saturated rings. The second-order valence-corrected chi connectivity index (χ2v) is 14.3. The molecule has 2 aromatic rings. The Hall–Kier alpha value is -6.79. The Kier molecular flexibility index (Phi) is 25.6. The molecule has 0 aliphatic carbocycles. The number of nitro benzene ring substituents is 1. The number of nitrogens with one attached hydrogen (secondary N) is 2. The number of thioether (sulfide) groups is 1. The van der Waals surface area contributed by atoms with Crippen molar-refractivity contribution in [2.75, 3.05) is 64.7 Å². The number of morpholine rings is 1. The third-order valence-electron chi connectivity index (χ3n) is 8.72. The zero-order valence-corrected chi connectivity index (χ0v) is 36.9. The van der Waals surface area contributed by atoms with Crippen molar-refractivity contribution < 1.29 is 83.6 Å². The summed E-state index contributed by atoms with van der Waals surface area (Å²) in [6.07, 6.45) is 2.23. The van der Waals surface area contributed by atoms with Crippen LogP contribution < -0.4 is 15.4 Å². The standard InChI is InChI=1S/C34H44N4O9S.2C4H4O4.H2O/c1-5-46-33(40)29-22(3)36-27(31(34(41)47-6-2)30(29)24-8-7-9-26(18-24)38(42)43)21-48-15-10-35-19-23-16-25(32(39)28(17-23)44-4)20-37-11-13-45-14-12-37;2*5-3(6)1-2-4(7)8;/h7-9,16-18,30,35-36,39H,5-6,10-15,19-21H2,1-4H3;2*1-2H,(H,5,6)(H,7,8);1H2/b;2*2-1+;. The SMILES string of the molecule is CCOC(=O)C1=C(C)NC(CSCCNCc2cc(CN3CCOCC3)c(O)c(OC)c2)=C(C(=O)OCC)C1c1cccc([N+](=O)[O-])c1.O.O=C(O)/C=C/C(=O)O.O=C(O)/C=C/C(=O)O. The number of allylic oxidation sites excluding steroid dienone is 1. The number of carboxylic acids is 4. The van der Waals surface area contributed by atoms with Gasteiger partial charge in [-0.15, -0.1) is 0 Å². The van der Waals surface area contributed by atoms with Crippen molar-refractivity contribution in [1.29, 1.82) is 0 Å². The number of carbonyl (C=O) groups excluding carboxylic acids is 2. The maximum absolute atomic E-state index is 13.5. The molecule has 4 rings (SSSR count). The number of dihydropyridines is 1. The molecule has 2 aliphatic rings. The van der Waals surface area contributed by atoms with Gasteiger partial charge in [0, 0.05) is 97.6 Å². The van der Waals surface area contributed by atoms with E-state index in [0.717, 1.165) is 24.2 Å². The number of esters is 2. The van der Waals surface area contributed by atoms with Crippen molar-refractivity contribution in [2.24, 2.45) is 0 Å². The van der Waals surface area contributed by atoms with Crippen LogP contribution in [0.1, 0.15) is 43.4 Å². The van der Waals surface area contributed by atoms with Gasteiger partial charge in [-0.2, -0.15) is 11.8 Å². The molecule has 23 heteroatoms. The van der Waals surface area contributed by atoms with Gasteiger partial charge >= 0.3 is 35.8 Å². The lowest BCUT2D eigenvalue weighted by Crippen LogP contribution is -2.35. The molecule has 9 N–H and O–H groups in total. The van der Waals surface area contributed by atoms with Gasteiger partial charge < -0.3 is 60.6 Å². The number of methoxy groups -OCH3 is 1. The van der Waals surface area contributed by atoms with Crippen molar-refractivity contribution in [2.45, 2.75) is 39.8 Å². The van der Waals surface area contributed by atoms with E-state index in [1.807, 2.05) is 12.1 Å².